The maximum absolute atomic E-state index is 5.95. The van der Waals surface area contributed by atoms with Crippen molar-refractivity contribution in [2.24, 2.45) is 5.73 Å². The van der Waals surface area contributed by atoms with Crippen molar-refractivity contribution in [1.82, 2.24) is 0 Å². The summed E-state index contributed by atoms with van der Waals surface area (Å²) >= 11 is 2.01. The number of hydrogen-bond acceptors (Lipinski definition) is 2. The van der Waals surface area contributed by atoms with E-state index in [1.54, 1.807) is 5.56 Å². The predicted octanol–water partition coefficient (Wildman–Crippen LogP) is 3.78. The number of hydrogen-bond donors (Lipinski definition) is 1. The standard InChI is InChI=1S/C14H21NS/c1-2-12(15)7-5-6-11-10-16-14-9-4-3-8-13(11)14/h3-4,8-9,11-12H,2,5-7,10,15H2,1H3. The summed E-state index contributed by atoms with van der Waals surface area (Å²) in [4.78, 5) is 1.49. The molecule has 0 spiro atoms. The van der Waals surface area contributed by atoms with Gasteiger partial charge < -0.3 is 5.73 Å². The first kappa shape index (κ1) is 12.0. The van der Waals surface area contributed by atoms with Gasteiger partial charge in [0.15, 0.2) is 0 Å². The summed E-state index contributed by atoms with van der Waals surface area (Å²) in [6.07, 6.45) is 4.86. The highest BCUT2D eigenvalue weighted by molar-refractivity contribution is 7.99. The summed E-state index contributed by atoms with van der Waals surface area (Å²) in [6, 6.07) is 9.25. The van der Waals surface area contributed by atoms with Crippen LogP contribution in [-0.2, 0) is 0 Å². The van der Waals surface area contributed by atoms with E-state index in [0.29, 0.717) is 6.04 Å². The molecule has 1 heterocycles. The number of benzene rings is 1. The van der Waals surface area contributed by atoms with E-state index >= 15 is 0 Å². The Labute approximate surface area is 103 Å². The Morgan fingerprint density at radius 2 is 2.25 bits per heavy atom. The van der Waals surface area contributed by atoms with Crippen LogP contribution in [-0.4, -0.2) is 11.8 Å². The monoisotopic (exact) mass is 235 g/mol. The van der Waals surface area contributed by atoms with Crippen LogP contribution in [0.15, 0.2) is 29.2 Å². The number of rotatable bonds is 5. The van der Waals surface area contributed by atoms with Crippen LogP contribution in [0, 0.1) is 0 Å². The van der Waals surface area contributed by atoms with Gasteiger partial charge in [-0.3, -0.25) is 0 Å². The summed E-state index contributed by atoms with van der Waals surface area (Å²) in [5.74, 6) is 2.03. The van der Waals surface area contributed by atoms with Gasteiger partial charge in [0.2, 0.25) is 0 Å². The van der Waals surface area contributed by atoms with E-state index in [1.165, 1.54) is 29.9 Å². The van der Waals surface area contributed by atoms with Crippen molar-refractivity contribution in [2.45, 2.75) is 49.5 Å². The molecule has 1 nitrogen and oxygen atoms in total. The van der Waals surface area contributed by atoms with Crippen LogP contribution in [0.1, 0.15) is 44.1 Å². The van der Waals surface area contributed by atoms with Crippen molar-refractivity contribution in [3.05, 3.63) is 29.8 Å². The van der Waals surface area contributed by atoms with E-state index in [0.717, 1.165) is 12.3 Å². The number of fused-ring (bicyclic) bond motifs is 1. The molecule has 2 unspecified atom stereocenters. The third kappa shape index (κ3) is 2.80. The Hall–Kier alpha value is -0.470. The first-order valence-corrected chi connectivity index (χ1v) is 7.27. The second-order valence-electron chi connectivity index (χ2n) is 4.64. The average molecular weight is 235 g/mol. The molecule has 0 saturated heterocycles. The van der Waals surface area contributed by atoms with E-state index in [4.69, 9.17) is 5.73 Å². The van der Waals surface area contributed by atoms with Gasteiger partial charge in [0.25, 0.3) is 0 Å². The molecule has 0 aromatic heterocycles. The summed E-state index contributed by atoms with van der Waals surface area (Å²) < 4.78 is 0. The van der Waals surface area contributed by atoms with Gasteiger partial charge in [0.1, 0.15) is 0 Å². The van der Waals surface area contributed by atoms with Gasteiger partial charge in [0, 0.05) is 16.7 Å². The van der Waals surface area contributed by atoms with Crippen LogP contribution in [0.4, 0.5) is 0 Å². The maximum atomic E-state index is 5.95. The fraction of sp³-hybridized carbons (Fsp3) is 0.571. The first-order valence-electron chi connectivity index (χ1n) is 6.28. The molecule has 1 aliphatic rings. The van der Waals surface area contributed by atoms with Crippen molar-refractivity contribution < 1.29 is 0 Å². The largest absolute Gasteiger partial charge is 0.328 e. The molecule has 1 aromatic rings. The molecule has 0 radical (unpaired) electrons. The topological polar surface area (TPSA) is 26.0 Å². The van der Waals surface area contributed by atoms with E-state index in [9.17, 15) is 0 Å². The summed E-state index contributed by atoms with van der Waals surface area (Å²) in [7, 11) is 0. The van der Waals surface area contributed by atoms with E-state index in [2.05, 4.69) is 31.2 Å². The van der Waals surface area contributed by atoms with Crippen molar-refractivity contribution in [1.29, 1.82) is 0 Å². The second-order valence-corrected chi connectivity index (χ2v) is 5.71. The van der Waals surface area contributed by atoms with Gasteiger partial charge in [0.05, 0.1) is 0 Å². The van der Waals surface area contributed by atoms with Crippen LogP contribution < -0.4 is 5.73 Å². The van der Waals surface area contributed by atoms with Crippen molar-refractivity contribution in [3.63, 3.8) is 0 Å². The molecule has 0 aliphatic carbocycles. The average Bonchev–Trinajstić information content (AvgIpc) is 2.73. The van der Waals surface area contributed by atoms with Crippen LogP contribution >= 0.6 is 11.8 Å². The molecule has 0 bridgehead atoms. The van der Waals surface area contributed by atoms with Crippen LogP contribution in [0.25, 0.3) is 0 Å². The minimum absolute atomic E-state index is 0.407. The van der Waals surface area contributed by atoms with E-state index in [-0.39, 0.29) is 0 Å². The van der Waals surface area contributed by atoms with Crippen LogP contribution in [0.2, 0.25) is 0 Å². The fourth-order valence-electron chi connectivity index (χ4n) is 2.30. The highest BCUT2D eigenvalue weighted by Crippen LogP contribution is 2.41. The Bertz CT molecular complexity index is 337. The Morgan fingerprint density at radius 3 is 3.06 bits per heavy atom. The predicted molar refractivity (Wildman–Crippen MR) is 72.0 cm³/mol. The second kappa shape index (κ2) is 5.74. The van der Waals surface area contributed by atoms with Crippen molar-refractivity contribution >= 4 is 11.8 Å². The van der Waals surface area contributed by atoms with Gasteiger partial charge in [-0.15, -0.1) is 11.8 Å². The van der Waals surface area contributed by atoms with Crippen LogP contribution in [0.5, 0.6) is 0 Å². The fourth-order valence-corrected chi connectivity index (χ4v) is 3.60. The number of thioether (sulfide) groups is 1. The molecule has 2 rings (SSSR count). The van der Waals surface area contributed by atoms with Gasteiger partial charge in [-0.1, -0.05) is 31.5 Å². The van der Waals surface area contributed by atoms with Gasteiger partial charge in [-0.05, 0) is 36.8 Å². The van der Waals surface area contributed by atoms with Crippen molar-refractivity contribution in [3.8, 4) is 0 Å². The first-order chi connectivity index (χ1) is 7.81. The minimum atomic E-state index is 0.407. The van der Waals surface area contributed by atoms with Gasteiger partial charge in [-0.2, -0.15) is 0 Å². The molecule has 0 fully saturated rings. The SMILES string of the molecule is CCC(N)CCCC1CSc2ccccc21. The lowest BCUT2D eigenvalue weighted by Gasteiger charge is -2.12. The molecular weight excluding hydrogens is 214 g/mol. The van der Waals surface area contributed by atoms with E-state index < -0.39 is 0 Å². The summed E-state index contributed by atoms with van der Waals surface area (Å²) in [6.45, 7) is 2.17. The Balaban J connectivity index is 1.84. The highest BCUT2D eigenvalue weighted by atomic mass is 32.2. The van der Waals surface area contributed by atoms with Crippen LogP contribution in [0.3, 0.4) is 0 Å². The molecule has 2 N–H and O–H groups in total. The third-order valence-corrected chi connectivity index (χ3v) is 4.70. The normalized spacial score (nSPS) is 20.8. The molecule has 0 amide bonds. The lowest BCUT2D eigenvalue weighted by atomic mass is 9.94. The molecule has 16 heavy (non-hydrogen) atoms. The molecule has 88 valence electrons. The molecule has 1 aromatic carbocycles. The molecule has 1 aliphatic heterocycles. The number of nitrogens with two attached hydrogens (primary N) is 1. The Kier molecular flexibility index (Phi) is 4.30. The summed E-state index contributed by atoms with van der Waals surface area (Å²) in [5.41, 5.74) is 7.51. The zero-order valence-corrected chi connectivity index (χ0v) is 10.8. The highest BCUT2D eigenvalue weighted by Gasteiger charge is 2.21. The summed E-state index contributed by atoms with van der Waals surface area (Å²) in [5, 5.41) is 0. The van der Waals surface area contributed by atoms with E-state index in [1.807, 2.05) is 11.8 Å². The third-order valence-electron chi connectivity index (χ3n) is 3.45. The molecule has 2 atom stereocenters. The zero-order valence-electron chi connectivity index (χ0n) is 9.99. The molecular formula is C14H21NS. The lowest BCUT2D eigenvalue weighted by Crippen LogP contribution is -2.18. The maximum Gasteiger partial charge on any atom is 0.0107 e. The Morgan fingerprint density at radius 1 is 1.44 bits per heavy atom. The lowest BCUT2D eigenvalue weighted by molar-refractivity contribution is 0.528. The van der Waals surface area contributed by atoms with Gasteiger partial charge in [-0.25, -0.2) is 0 Å². The molecule has 0 saturated carbocycles. The van der Waals surface area contributed by atoms with Crippen molar-refractivity contribution in [2.75, 3.05) is 5.75 Å². The smallest absolute Gasteiger partial charge is 0.0107 e. The zero-order chi connectivity index (χ0) is 11.4. The minimum Gasteiger partial charge on any atom is -0.328 e. The van der Waals surface area contributed by atoms with Gasteiger partial charge >= 0.3 is 0 Å². The quantitative estimate of drug-likeness (QED) is 0.840. The molecule has 2 heteroatoms.